The third kappa shape index (κ3) is 5.42. The van der Waals surface area contributed by atoms with Gasteiger partial charge >= 0.3 is 0 Å². The molecule has 2 N–H and O–H groups in total. The van der Waals surface area contributed by atoms with Crippen molar-refractivity contribution < 1.29 is 4.79 Å². The molecule has 0 radical (unpaired) electrons. The monoisotopic (exact) mass is 511 g/mol. The van der Waals surface area contributed by atoms with Crippen molar-refractivity contribution in [1.82, 2.24) is 20.4 Å². The Morgan fingerprint density at radius 3 is 2.83 bits per heavy atom. The molecule has 4 rings (SSSR count). The lowest BCUT2D eigenvalue weighted by molar-refractivity contribution is -0.119. The molecule has 0 bridgehead atoms. The first kappa shape index (κ1) is 22.3. The number of aliphatic imine (C=N–C) groups is 1. The number of hydrogen-bond acceptors (Lipinski definition) is 3. The number of piperidine rings is 1. The highest BCUT2D eigenvalue weighted by Gasteiger charge is 2.42. The van der Waals surface area contributed by atoms with Crippen LogP contribution in [0.4, 0.5) is 0 Å². The molecule has 6 nitrogen and oxygen atoms in total. The number of benzene rings is 1. The van der Waals surface area contributed by atoms with Gasteiger partial charge in [-0.3, -0.25) is 14.7 Å². The molecule has 0 saturated carbocycles. The average Bonchev–Trinajstić information content (AvgIpc) is 3.30. The second kappa shape index (κ2) is 10.1. The molecule has 1 spiro atoms. The zero-order chi connectivity index (χ0) is 19.4. The number of carbonyl (C=O) groups is 1. The summed E-state index contributed by atoms with van der Waals surface area (Å²) in [6.45, 7) is 5.87. The molecule has 3 aliphatic heterocycles. The molecule has 3 saturated heterocycles. The van der Waals surface area contributed by atoms with Gasteiger partial charge in [0, 0.05) is 57.6 Å². The maximum absolute atomic E-state index is 11.8. The van der Waals surface area contributed by atoms with E-state index in [4.69, 9.17) is 0 Å². The highest BCUT2D eigenvalue weighted by molar-refractivity contribution is 14.0. The van der Waals surface area contributed by atoms with Crippen LogP contribution in [-0.4, -0.2) is 67.5 Å². The highest BCUT2D eigenvalue weighted by Crippen LogP contribution is 2.36. The number of rotatable bonds is 4. The van der Waals surface area contributed by atoms with Crippen LogP contribution >= 0.6 is 24.0 Å². The van der Waals surface area contributed by atoms with E-state index in [0.717, 1.165) is 51.5 Å². The maximum atomic E-state index is 11.8. The van der Waals surface area contributed by atoms with Gasteiger partial charge in [-0.15, -0.1) is 24.0 Å². The summed E-state index contributed by atoms with van der Waals surface area (Å²) in [5, 5.41) is 6.67. The number of nitrogens with one attached hydrogen (secondary N) is 2. The summed E-state index contributed by atoms with van der Waals surface area (Å²) in [5.41, 5.74) is 1.48. The van der Waals surface area contributed by atoms with E-state index < -0.39 is 0 Å². The first-order valence-corrected chi connectivity index (χ1v) is 10.7. The Labute approximate surface area is 191 Å². The number of hydrogen-bond donors (Lipinski definition) is 2. The highest BCUT2D eigenvalue weighted by atomic mass is 127. The summed E-state index contributed by atoms with van der Waals surface area (Å²) in [6, 6.07) is 11.3. The topological polar surface area (TPSA) is 60.0 Å². The molecule has 29 heavy (non-hydrogen) atoms. The van der Waals surface area contributed by atoms with Gasteiger partial charge in [-0.25, -0.2) is 0 Å². The molecular formula is C22H34IN5O. The van der Waals surface area contributed by atoms with Gasteiger partial charge in [-0.1, -0.05) is 30.3 Å². The average molecular weight is 511 g/mol. The number of guanidine groups is 1. The first-order valence-electron chi connectivity index (χ1n) is 10.7. The van der Waals surface area contributed by atoms with E-state index in [0.29, 0.717) is 12.5 Å². The summed E-state index contributed by atoms with van der Waals surface area (Å²) in [4.78, 5) is 21.3. The molecule has 2 atom stereocenters. The quantitative estimate of drug-likeness (QED) is 0.371. The van der Waals surface area contributed by atoms with Crippen molar-refractivity contribution in [3.63, 3.8) is 0 Å². The molecule has 3 heterocycles. The Morgan fingerprint density at radius 1 is 1.28 bits per heavy atom. The third-order valence-corrected chi connectivity index (χ3v) is 6.59. The molecule has 3 aliphatic rings. The predicted molar refractivity (Wildman–Crippen MR) is 128 cm³/mol. The second-order valence-electron chi connectivity index (χ2n) is 8.66. The van der Waals surface area contributed by atoms with E-state index >= 15 is 0 Å². The van der Waals surface area contributed by atoms with Crippen LogP contribution in [0.3, 0.4) is 0 Å². The van der Waals surface area contributed by atoms with Crippen molar-refractivity contribution in [1.29, 1.82) is 0 Å². The fourth-order valence-electron chi connectivity index (χ4n) is 5.12. The van der Waals surface area contributed by atoms with E-state index in [1.807, 2.05) is 7.05 Å². The molecule has 1 aromatic carbocycles. The van der Waals surface area contributed by atoms with E-state index in [-0.39, 0.29) is 35.3 Å². The van der Waals surface area contributed by atoms with Gasteiger partial charge in [-0.2, -0.15) is 0 Å². The number of carbonyl (C=O) groups excluding carboxylic acids is 1. The van der Waals surface area contributed by atoms with Crippen LogP contribution in [0.5, 0.6) is 0 Å². The molecule has 1 amide bonds. The van der Waals surface area contributed by atoms with Crippen LogP contribution in [0.1, 0.15) is 37.7 Å². The lowest BCUT2D eigenvalue weighted by Crippen LogP contribution is -2.53. The minimum absolute atomic E-state index is 0. The van der Waals surface area contributed by atoms with Gasteiger partial charge in [0.15, 0.2) is 5.96 Å². The Hall–Kier alpha value is -1.35. The van der Waals surface area contributed by atoms with Gasteiger partial charge < -0.3 is 15.5 Å². The number of nitrogens with zero attached hydrogens (tertiary/aromatic N) is 3. The lowest BCUT2D eigenvalue weighted by Gasteiger charge is -2.41. The molecule has 160 valence electrons. The number of likely N-dealkylation sites (tertiary alicyclic amines) is 2. The fraction of sp³-hybridized carbons (Fsp3) is 0.636. The van der Waals surface area contributed by atoms with Crippen molar-refractivity contribution in [2.75, 3.05) is 39.8 Å². The number of amides is 1. The zero-order valence-corrected chi connectivity index (χ0v) is 19.7. The fourth-order valence-corrected chi connectivity index (χ4v) is 5.12. The van der Waals surface area contributed by atoms with E-state index in [2.05, 4.69) is 55.8 Å². The molecule has 1 aromatic rings. The van der Waals surface area contributed by atoms with Gasteiger partial charge in [0.05, 0.1) is 0 Å². The predicted octanol–water partition coefficient (Wildman–Crippen LogP) is 2.45. The van der Waals surface area contributed by atoms with Crippen molar-refractivity contribution in [3.8, 4) is 0 Å². The molecule has 7 heteroatoms. The van der Waals surface area contributed by atoms with E-state index in [1.165, 1.54) is 24.9 Å². The van der Waals surface area contributed by atoms with Gasteiger partial charge in [0.25, 0.3) is 0 Å². The Bertz CT molecular complexity index is 712. The summed E-state index contributed by atoms with van der Waals surface area (Å²) in [7, 11) is 1.87. The Morgan fingerprint density at radius 2 is 2.10 bits per heavy atom. The van der Waals surface area contributed by atoms with Crippen molar-refractivity contribution in [2.45, 2.75) is 44.7 Å². The normalized spacial score (nSPS) is 27.8. The van der Waals surface area contributed by atoms with E-state index in [9.17, 15) is 4.79 Å². The maximum Gasteiger partial charge on any atom is 0.220 e. The molecule has 2 unspecified atom stereocenters. The minimum atomic E-state index is 0. The van der Waals surface area contributed by atoms with Crippen molar-refractivity contribution in [3.05, 3.63) is 35.9 Å². The van der Waals surface area contributed by atoms with Gasteiger partial charge in [0.1, 0.15) is 0 Å². The largest absolute Gasteiger partial charge is 0.355 e. The second-order valence-corrected chi connectivity index (χ2v) is 8.66. The summed E-state index contributed by atoms with van der Waals surface area (Å²) in [5.74, 6) is 1.19. The summed E-state index contributed by atoms with van der Waals surface area (Å²) in [6.07, 6.45) is 5.41. The standard InChI is InChI=1S/C22H33N5O.HI/c1-23-21(27-12-6-10-22(17-27)13-20(28)25-16-22)24-14-19-9-5-11-26(19)15-18-7-3-2-4-8-18;/h2-4,7-8,19H,5-6,9-17H2,1H3,(H,23,24)(H,25,28);1H. The Kier molecular flexibility index (Phi) is 7.79. The Balaban J connectivity index is 0.00000240. The molecule has 0 aliphatic carbocycles. The van der Waals surface area contributed by atoms with Crippen LogP contribution in [0, 0.1) is 5.41 Å². The third-order valence-electron chi connectivity index (χ3n) is 6.59. The van der Waals surface area contributed by atoms with Crippen LogP contribution < -0.4 is 10.6 Å². The van der Waals surface area contributed by atoms with Crippen molar-refractivity contribution >= 4 is 35.8 Å². The lowest BCUT2D eigenvalue weighted by atomic mass is 9.79. The van der Waals surface area contributed by atoms with E-state index in [1.54, 1.807) is 0 Å². The van der Waals surface area contributed by atoms with Gasteiger partial charge in [-0.05, 0) is 37.8 Å². The van der Waals surface area contributed by atoms with Gasteiger partial charge in [0.2, 0.25) is 5.91 Å². The first-order chi connectivity index (χ1) is 13.7. The van der Waals surface area contributed by atoms with Crippen LogP contribution in [0.25, 0.3) is 0 Å². The molecular weight excluding hydrogens is 477 g/mol. The molecule has 3 fully saturated rings. The molecule has 0 aromatic heterocycles. The summed E-state index contributed by atoms with van der Waals surface area (Å²) >= 11 is 0. The summed E-state index contributed by atoms with van der Waals surface area (Å²) < 4.78 is 0. The van der Waals surface area contributed by atoms with Crippen LogP contribution in [0.2, 0.25) is 0 Å². The van der Waals surface area contributed by atoms with Crippen molar-refractivity contribution in [2.24, 2.45) is 10.4 Å². The number of halogens is 1. The minimum Gasteiger partial charge on any atom is -0.355 e. The van der Waals surface area contributed by atoms with Crippen LogP contribution in [0.15, 0.2) is 35.3 Å². The smallest absolute Gasteiger partial charge is 0.220 e. The van der Waals surface area contributed by atoms with Crippen LogP contribution in [-0.2, 0) is 11.3 Å². The zero-order valence-electron chi connectivity index (χ0n) is 17.4. The SMILES string of the molecule is CN=C(NCC1CCCN1Cc1ccccc1)N1CCCC2(CNC(=O)C2)C1.I.